The summed E-state index contributed by atoms with van der Waals surface area (Å²) in [6.45, 7) is 6.08. The zero-order valence-electron chi connectivity index (χ0n) is 12.1. The van der Waals surface area contributed by atoms with Gasteiger partial charge in [-0.2, -0.15) is 4.98 Å². The maximum Gasteiger partial charge on any atom is 0.292 e. The average Bonchev–Trinajstić information content (AvgIpc) is 2.87. The van der Waals surface area contributed by atoms with Crippen molar-refractivity contribution in [2.75, 3.05) is 13.1 Å². The van der Waals surface area contributed by atoms with E-state index in [-0.39, 0.29) is 23.2 Å². The van der Waals surface area contributed by atoms with Crippen molar-refractivity contribution in [1.82, 2.24) is 20.8 Å². The second-order valence-electron chi connectivity index (χ2n) is 6.30. The highest BCUT2D eigenvalue weighted by Crippen LogP contribution is 2.51. The molecule has 2 heterocycles. The molecule has 20 heavy (non-hydrogen) atoms. The molecule has 2 N–H and O–H groups in total. The predicted molar refractivity (Wildman–Crippen MR) is 73.1 cm³/mol. The number of carbonyl (C=O) groups is 1. The molecule has 6 heteroatoms. The van der Waals surface area contributed by atoms with E-state index >= 15 is 0 Å². The molecule has 0 spiro atoms. The maximum absolute atomic E-state index is 12.1. The van der Waals surface area contributed by atoms with Crippen LogP contribution in [-0.4, -0.2) is 29.1 Å². The molecule has 2 aliphatic rings. The zero-order chi connectivity index (χ0) is 14.2. The number of hydrogen-bond donors (Lipinski definition) is 2. The first kappa shape index (κ1) is 13.5. The molecule has 1 aromatic rings. The molecule has 1 atom stereocenters. The van der Waals surface area contributed by atoms with Gasteiger partial charge in [-0.15, -0.1) is 0 Å². The molecule has 1 saturated carbocycles. The molecule has 0 bridgehead atoms. The number of hydrogen-bond acceptors (Lipinski definition) is 5. The highest BCUT2D eigenvalue weighted by atomic mass is 16.5. The van der Waals surface area contributed by atoms with Crippen LogP contribution in [0, 0.1) is 11.3 Å². The molecule has 1 aromatic heterocycles. The molecule has 110 valence electrons. The summed E-state index contributed by atoms with van der Waals surface area (Å²) in [5.74, 6) is 1.03. The summed E-state index contributed by atoms with van der Waals surface area (Å²) in [5, 5.41) is 10.0. The third kappa shape index (κ3) is 2.57. The summed E-state index contributed by atoms with van der Waals surface area (Å²) in [5.41, 5.74) is 0.287. The van der Waals surface area contributed by atoms with Gasteiger partial charge >= 0.3 is 0 Å². The number of carbonyl (C=O) groups excluding carboxylic acids is 1. The van der Waals surface area contributed by atoms with Gasteiger partial charge in [0.15, 0.2) is 0 Å². The van der Waals surface area contributed by atoms with Crippen molar-refractivity contribution in [3.8, 4) is 0 Å². The third-order valence-electron chi connectivity index (χ3n) is 4.72. The van der Waals surface area contributed by atoms with E-state index < -0.39 is 0 Å². The van der Waals surface area contributed by atoms with Crippen molar-refractivity contribution in [2.45, 2.75) is 45.6 Å². The first-order valence-corrected chi connectivity index (χ1v) is 7.46. The lowest BCUT2D eigenvalue weighted by atomic mass is 9.92. The van der Waals surface area contributed by atoms with Crippen LogP contribution in [-0.2, 0) is 0 Å². The number of nitrogens with one attached hydrogen (secondary N) is 2. The van der Waals surface area contributed by atoms with Gasteiger partial charge in [0.05, 0.1) is 6.04 Å². The highest BCUT2D eigenvalue weighted by molar-refractivity contribution is 5.90. The van der Waals surface area contributed by atoms with Gasteiger partial charge in [0.1, 0.15) is 0 Å². The van der Waals surface area contributed by atoms with E-state index in [2.05, 4.69) is 34.6 Å². The second kappa shape index (κ2) is 5.16. The lowest BCUT2D eigenvalue weighted by Crippen LogP contribution is -2.33. The van der Waals surface area contributed by atoms with Crippen LogP contribution >= 0.6 is 0 Å². The molecule has 3 rings (SSSR count). The molecule has 0 aromatic carbocycles. The summed E-state index contributed by atoms with van der Waals surface area (Å²) in [7, 11) is 0. The van der Waals surface area contributed by atoms with Gasteiger partial charge in [0.2, 0.25) is 5.89 Å². The standard InChI is InChI=1S/C14H22N4O2/c1-9(2)14(5-6-14)8-16-12(19)11-17-13(20-18-11)10-4-3-7-15-10/h9-10,15H,3-8H2,1-2H3,(H,16,19). The minimum atomic E-state index is -0.232. The largest absolute Gasteiger partial charge is 0.349 e. The monoisotopic (exact) mass is 278 g/mol. The number of amides is 1. The van der Waals surface area contributed by atoms with Gasteiger partial charge in [-0.1, -0.05) is 19.0 Å². The Labute approximate surface area is 118 Å². The van der Waals surface area contributed by atoms with Crippen molar-refractivity contribution in [2.24, 2.45) is 11.3 Å². The minimum absolute atomic E-state index is 0.106. The van der Waals surface area contributed by atoms with E-state index in [9.17, 15) is 4.79 Å². The molecule has 1 aliphatic carbocycles. The summed E-state index contributed by atoms with van der Waals surface area (Å²) < 4.78 is 5.18. The SMILES string of the molecule is CC(C)C1(CNC(=O)c2noc(C3CCCN3)n2)CC1. The Kier molecular flexibility index (Phi) is 3.50. The molecule has 0 radical (unpaired) electrons. The number of aromatic nitrogens is 2. The van der Waals surface area contributed by atoms with E-state index in [0.717, 1.165) is 19.4 Å². The van der Waals surface area contributed by atoms with Gasteiger partial charge in [-0.25, -0.2) is 0 Å². The lowest BCUT2D eigenvalue weighted by molar-refractivity contribution is 0.0926. The summed E-state index contributed by atoms with van der Waals surface area (Å²) in [6.07, 6.45) is 4.47. The topological polar surface area (TPSA) is 80.0 Å². The molecule has 2 fully saturated rings. The zero-order valence-corrected chi connectivity index (χ0v) is 12.1. The molecule has 1 unspecified atom stereocenters. The molecule has 1 amide bonds. The Morgan fingerprint density at radius 1 is 1.55 bits per heavy atom. The summed E-state index contributed by atoms with van der Waals surface area (Å²) in [4.78, 5) is 16.3. The van der Waals surface area contributed by atoms with Gasteiger partial charge in [0, 0.05) is 6.54 Å². The Morgan fingerprint density at radius 2 is 2.35 bits per heavy atom. The average molecular weight is 278 g/mol. The Hall–Kier alpha value is -1.43. The van der Waals surface area contributed by atoms with Crippen LogP contribution in [0.4, 0.5) is 0 Å². The Bertz CT molecular complexity index is 487. The van der Waals surface area contributed by atoms with Gasteiger partial charge in [-0.3, -0.25) is 4.79 Å². The van der Waals surface area contributed by atoms with E-state index in [0.29, 0.717) is 18.4 Å². The summed E-state index contributed by atoms with van der Waals surface area (Å²) in [6, 6.07) is 0.106. The normalized spacial score (nSPS) is 24.1. The number of nitrogens with zero attached hydrogens (tertiary/aromatic N) is 2. The van der Waals surface area contributed by atoms with Crippen LogP contribution in [0.15, 0.2) is 4.52 Å². The quantitative estimate of drug-likeness (QED) is 0.856. The van der Waals surface area contributed by atoms with Gasteiger partial charge in [-0.05, 0) is 43.6 Å². The molecular formula is C14H22N4O2. The third-order valence-corrected chi connectivity index (χ3v) is 4.72. The smallest absolute Gasteiger partial charge is 0.292 e. The minimum Gasteiger partial charge on any atom is -0.349 e. The first-order chi connectivity index (χ1) is 9.61. The van der Waals surface area contributed by atoms with Crippen molar-refractivity contribution < 1.29 is 9.32 Å². The van der Waals surface area contributed by atoms with Crippen LogP contribution in [0.5, 0.6) is 0 Å². The van der Waals surface area contributed by atoms with Crippen LogP contribution in [0.1, 0.15) is 62.1 Å². The highest BCUT2D eigenvalue weighted by Gasteiger charge is 2.45. The van der Waals surface area contributed by atoms with Crippen molar-refractivity contribution >= 4 is 5.91 Å². The first-order valence-electron chi connectivity index (χ1n) is 7.46. The maximum atomic E-state index is 12.1. The van der Waals surface area contributed by atoms with Gasteiger partial charge < -0.3 is 15.2 Å². The van der Waals surface area contributed by atoms with Crippen molar-refractivity contribution in [3.63, 3.8) is 0 Å². The lowest BCUT2D eigenvalue weighted by Gasteiger charge is -2.19. The van der Waals surface area contributed by atoms with Crippen molar-refractivity contribution in [3.05, 3.63) is 11.7 Å². The predicted octanol–water partition coefficient (Wildman–Crippen LogP) is 1.66. The van der Waals surface area contributed by atoms with Crippen LogP contribution in [0.3, 0.4) is 0 Å². The second-order valence-corrected chi connectivity index (χ2v) is 6.30. The van der Waals surface area contributed by atoms with E-state index in [1.165, 1.54) is 12.8 Å². The van der Waals surface area contributed by atoms with Gasteiger partial charge in [0.25, 0.3) is 11.7 Å². The van der Waals surface area contributed by atoms with E-state index in [1.54, 1.807) is 0 Å². The molecule has 1 saturated heterocycles. The number of rotatable bonds is 5. The summed E-state index contributed by atoms with van der Waals surface area (Å²) >= 11 is 0. The fraction of sp³-hybridized carbons (Fsp3) is 0.786. The molecule has 6 nitrogen and oxygen atoms in total. The molecule has 1 aliphatic heterocycles. The van der Waals surface area contributed by atoms with Crippen LogP contribution in [0.2, 0.25) is 0 Å². The molecular weight excluding hydrogens is 256 g/mol. The van der Waals surface area contributed by atoms with Crippen LogP contribution < -0.4 is 10.6 Å². The van der Waals surface area contributed by atoms with Crippen molar-refractivity contribution in [1.29, 1.82) is 0 Å². The van der Waals surface area contributed by atoms with E-state index in [1.807, 2.05) is 0 Å². The van der Waals surface area contributed by atoms with E-state index in [4.69, 9.17) is 4.52 Å². The fourth-order valence-corrected chi connectivity index (χ4v) is 2.82. The Morgan fingerprint density at radius 3 is 2.95 bits per heavy atom. The van der Waals surface area contributed by atoms with Crippen LogP contribution in [0.25, 0.3) is 0 Å². The Balaban J connectivity index is 1.57. The fourth-order valence-electron chi connectivity index (χ4n) is 2.82.